The van der Waals surface area contributed by atoms with Gasteiger partial charge in [0.2, 0.25) is 0 Å². The second-order valence-corrected chi connectivity index (χ2v) is 9.35. The molecular formula is C21H32O2. The van der Waals surface area contributed by atoms with Gasteiger partial charge in [0.25, 0.3) is 0 Å². The molecule has 4 aliphatic carbocycles. The minimum atomic E-state index is -0.185. The molecule has 0 spiro atoms. The van der Waals surface area contributed by atoms with Gasteiger partial charge >= 0.3 is 0 Å². The zero-order valence-electron chi connectivity index (χ0n) is 15.0. The average molecular weight is 316 g/mol. The maximum Gasteiger partial charge on any atom is 0.155 e. The van der Waals surface area contributed by atoms with Gasteiger partial charge in [0.15, 0.2) is 5.78 Å². The van der Waals surface area contributed by atoms with E-state index in [4.69, 9.17) is 0 Å². The Bertz CT molecular complexity index is 550. The Morgan fingerprint density at radius 3 is 2.74 bits per heavy atom. The quantitative estimate of drug-likeness (QED) is 0.772. The van der Waals surface area contributed by atoms with Crippen molar-refractivity contribution in [2.24, 2.45) is 34.5 Å². The third kappa shape index (κ3) is 2.06. The summed E-state index contributed by atoms with van der Waals surface area (Å²) in [6.45, 7) is 7.14. The Labute approximate surface area is 140 Å². The lowest BCUT2D eigenvalue weighted by Crippen LogP contribution is -2.56. The molecule has 3 unspecified atom stereocenters. The first-order valence-electron chi connectivity index (χ1n) is 9.82. The molecule has 128 valence electrons. The lowest BCUT2D eigenvalue weighted by atomic mass is 9.46. The summed E-state index contributed by atoms with van der Waals surface area (Å²) in [4.78, 5) is 11.9. The maximum atomic E-state index is 11.9. The molecule has 0 heterocycles. The van der Waals surface area contributed by atoms with Crippen molar-refractivity contribution in [3.05, 3.63) is 11.6 Å². The molecule has 2 heteroatoms. The smallest absolute Gasteiger partial charge is 0.155 e. The van der Waals surface area contributed by atoms with Gasteiger partial charge in [0.05, 0.1) is 6.10 Å². The predicted octanol–water partition coefficient (Wildman–Crippen LogP) is 4.52. The Kier molecular flexibility index (Phi) is 3.58. The van der Waals surface area contributed by atoms with Gasteiger partial charge in [-0.1, -0.05) is 32.8 Å². The van der Waals surface area contributed by atoms with E-state index >= 15 is 0 Å². The first kappa shape index (κ1) is 15.9. The van der Waals surface area contributed by atoms with Crippen molar-refractivity contribution in [2.45, 2.75) is 78.2 Å². The third-order valence-corrected chi connectivity index (χ3v) is 8.58. The molecule has 0 radical (unpaired) electrons. The summed E-state index contributed by atoms with van der Waals surface area (Å²) in [6, 6.07) is 0. The molecule has 3 fully saturated rings. The highest BCUT2D eigenvalue weighted by molar-refractivity contribution is 5.91. The van der Waals surface area contributed by atoms with Crippen LogP contribution < -0.4 is 0 Å². The topological polar surface area (TPSA) is 37.3 Å². The van der Waals surface area contributed by atoms with Crippen molar-refractivity contribution in [1.29, 1.82) is 0 Å². The van der Waals surface area contributed by atoms with Crippen LogP contribution in [0, 0.1) is 34.5 Å². The molecule has 0 aliphatic heterocycles. The van der Waals surface area contributed by atoms with E-state index in [1.165, 1.54) is 31.3 Å². The van der Waals surface area contributed by atoms with Crippen molar-refractivity contribution < 1.29 is 9.90 Å². The van der Waals surface area contributed by atoms with Crippen LogP contribution in [0.15, 0.2) is 11.6 Å². The molecule has 0 aromatic rings. The van der Waals surface area contributed by atoms with Gasteiger partial charge in [-0.25, -0.2) is 0 Å². The molecule has 0 bridgehead atoms. The molecule has 0 aromatic heterocycles. The molecule has 0 aromatic carbocycles. The fourth-order valence-electron chi connectivity index (χ4n) is 7.46. The molecule has 1 N–H and O–H groups in total. The molecule has 4 rings (SSSR count). The van der Waals surface area contributed by atoms with Crippen LogP contribution in [-0.4, -0.2) is 17.0 Å². The van der Waals surface area contributed by atoms with Crippen LogP contribution in [0.25, 0.3) is 0 Å². The molecule has 7 atom stereocenters. The third-order valence-electron chi connectivity index (χ3n) is 8.58. The maximum absolute atomic E-state index is 11.9. The first-order chi connectivity index (χ1) is 10.9. The summed E-state index contributed by atoms with van der Waals surface area (Å²) >= 11 is 0. The van der Waals surface area contributed by atoms with E-state index in [1.54, 1.807) is 0 Å². The van der Waals surface area contributed by atoms with E-state index in [0.29, 0.717) is 29.5 Å². The normalized spacial score (nSPS) is 52.4. The number of aliphatic hydroxyl groups excluding tert-OH is 1. The molecule has 23 heavy (non-hydrogen) atoms. The zero-order valence-corrected chi connectivity index (χ0v) is 15.0. The van der Waals surface area contributed by atoms with Crippen molar-refractivity contribution in [2.75, 3.05) is 0 Å². The number of fused-ring (bicyclic) bond motifs is 5. The SMILES string of the molecule is CC[C@H]1CCC2C3CCC4=CC(=O)CC[C@]4(C)C3[C@@H](O)C[C@@]21C. The van der Waals surface area contributed by atoms with Crippen LogP contribution in [0.4, 0.5) is 0 Å². The van der Waals surface area contributed by atoms with Gasteiger partial charge in [-0.2, -0.15) is 0 Å². The monoisotopic (exact) mass is 316 g/mol. The number of hydrogen-bond acceptors (Lipinski definition) is 2. The minimum Gasteiger partial charge on any atom is -0.393 e. The molecule has 4 aliphatic rings. The predicted molar refractivity (Wildman–Crippen MR) is 91.9 cm³/mol. The number of ketones is 1. The molecule has 0 amide bonds. The second-order valence-electron chi connectivity index (χ2n) is 9.35. The van der Waals surface area contributed by atoms with Crippen molar-refractivity contribution in [3.8, 4) is 0 Å². The van der Waals surface area contributed by atoms with Crippen LogP contribution in [0.3, 0.4) is 0 Å². The van der Waals surface area contributed by atoms with Crippen molar-refractivity contribution in [1.82, 2.24) is 0 Å². The summed E-state index contributed by atoms with van der Waals surface area (Å²) in [5.74, 6) is 2.93. The Hall–Kier alpha value is -0.630. The van der Waals surface area contributed by atoms with E-state index in [0.717, 1.165) is 31.1 Å². The van der Waals surface area contributed by atoms with E-state index in [-0.39, 0.29) is 11.5 Å². The van der Waals surface area contributed by atoms with Gasteiger partial charge in [-0.05, 0) is 79.1 Å². The van der Waals surface area contributed by atoms with E-state index < -0.39 is 0 Å². The van der Waals surface area contributed by atoms with Crippen LogP contribution in [0.2, 0.25) is 0 Å². The van der Waals surface area contributed by atoms with Crippen LogP contribution in [-0.2, 0) is 4.79 Å². The van der Waals surface area contributed by atoms with E-state index in [9.17, 15) is 9.90 Å². The second kappa shape index (κ2) is 5.18. The Morgan fingerprint density at radius 2 is 2.00 bits per heavy atom. The summed E-state index contributed by atoms with van der Waals surface area (Å²) in [5.41, 5.74) is 1.77. The molecule has 0 saturated heterocycles. The standard InChI is InChI=1S/C21H32O2/c1-4-13-6-8-17-16-7-5-14-11-15(22)9-10-20(14,2)19(16)18(23)12-21(13,17)3/h11,13,16-19,23H,4-10,12H2,1-3H3/t13-,16?,17?,18-,19?,20-,21+/m0/s1. The van der Waals surface area contributed by atoms with Crippen molar-refractivity contribution >= 4 is 5.78 Å². The lowest BCUT2D eigenvalue weighted by molar-refractivity contribution is -0.133. The van der Waals surface area contributed by atoms with Gasteiger partial charge < -0.3 is 5.11 Å². The summed E-state index contributed by atoms with van der Waals surface area (Å²) in [5, 5.41) is 11.2. The van der Waals surface area contributed by atoms with Gasteiger partial charge in [-0.3, -0.25) is 4.79 Å². The number of aliphatic hydroxyl groups is 1. The highest BCUT2D eigenvalue weighted by Gasteiger charge is 2.61. The van der Waals surface area contributed by atoms with Crippen LogP contribution in [0.1, 0.15) is 72.1 Å². The number of rotatable bonds is 1. The van der Waals surface area contributed by atoms with Crippen LogP contribution >= 0.6 is 0 Å². The number of hydrogen-bond donors (Lipinski definition) is 1. The molecular weight excluding hydrogens is 284 g/mol. The number of carbonyl (C=O) groups excluding carboxylic acids is 1. The van der Waals surface area contributed by atoms with Crippen molar-refractivity contribution in [3.63, 3.8) is 0 Å². The average Bonchev–Trinajstić information content (AvgIpc) is 2.83. The van der Waals surface area contributed by atoms with E-state index in [1.807, 2.05) is 6.08 Å². The highest BCUT2D eigenvalue weighted by atomic mass is 16.3. The summed E-state index contributed by atoms with van der Waals surface area (Å²) in [7, 11) is 0. The highest BCUT2D eigenvalue weighted by Crippen LogP contribution is 2.66. The molecule has 2 nitrogen and oxygen atoms in total. The largest absolute Gasteiger partial charge is 0.393 e. The minimum absolute atomic E-state index is 0.0713. The number of allylic oxidation sites excluding steroid dienone is 1. The van der Waals surface area contributed by atoms with Gasteiger partial charge in [0.1, 0.15) is 0 Å². The summed E-state index contributed by atoms with van der Waals surface area (Å²) in [6.07, 6.45) is 10.6. The molecule has 3 saturated carbocycles. The zero-order chi connectivity index (χ0) is 16.4. The van der Waals surface area contributed by atoms with Crippen LogP contribution in [0.5, 0.6) is 0 Å². The Balaban J connectivity index is 1.72. The van der Waals surface area contributed by atoms with Gasteiger partial charge in [-0.15, -0.1) is 0 Å². The first-order valence-corrected chi connectivity index (χ1v) is 9.82. The number of carbonyl (C=O) groups is 1. The van der Waals surface area contributed by atoms with E-state index in [2.05, 4.69) is 20.8 Å². The lowest BCUT2D eigenvalue weighted by Gasteiger charge is -2.59. The summed E-state index contributed by atoms with van der Waals surface area (Å²) < 4.78 is 0. The van der Waals surface area contributed by atoms with Gasteiger partial charge in [0, 0.05) is 6.42 Å². The fourth-order valence-corrected chi connectivity index (χ4v) is 7.46. The fraction of sp³-hybridized carbons (Fsp3) is 0.857. The Morgan fingerprint density at radius 1 is 1.22 bits per heavy atom.